The SMILES string of the molecule is CC(C)CCN=C(N)NCCN1CCN(C(=O)OC(C)(C)C)CC1. The maximum Gasteiger partial charge on any atom is 0.410 e. The van der Waals surface area contributed by atoms with Crippen molar-refractivity contribution in [1.29, 1.82) is 0 Å². The van der Waals surface area contributed by atoms with Gasteiger partial charge in [-0.3, -0.25) is 9.89 Å². The molecule has 0 saturated carbocycles. The first-order valence-electron chi connectivity index (χ1n) is 8.91. The standard InChI is InChI=1S/C17H35N5O2/c1-14(2)6-7-19-15(18)20-8-9-21-10-12-22(13-11-21)16(23)24-17(3,4)5/h14H,6-13H2,1-5H3,(H3,18,19,20). The summed E-state index contributed by atoms with van der Waals surface area (Å²) in [5.74, 6) is 1.16. The van der Waals surface area contributed by atoms with Crippen LogP contribution in [0.15, 0.2) is 4.99 Å². The van der Waals surface area contributed by atoms with Gasteiger partial charge < -0.3 is 20.7 Å². The molecule has 0 bridgehead atoms. The molecule has 0 aromatic rings. The Bertz CT molecular complexity index is 410. The monoisotopic (exact) mass is 341 g/mol. The fraction of sp³-hybridized carbons (Fsp3) is 0.882. The first kappa shape index (κ1) is 20.5. The number of carbonyl (C=O) groups excluding carboxylic acids is 1. The summed E-state index contributed by atoms with van der Waals surface area (Å²) in [6.45, 7) is 15.6. The highest BCUT2D eigenvalue weighted by Crippen LogP contribution is 2.11. The van der Waals surface area contributed by atoms with E-state index in [1.807, 2.05) is 20.8 Å². The molecule has 1 amide bonds. The zero-order chi connectivity index (χ0) is 18.2. The summed E-state index contributed by atoms with van der Waals surface area (Å²) in [6, 6.07) is 0. The van der Waals surface area contributed by atoms with Crippen molar-refractivity contribution < 1.29 is 9.53 Å². The van der Waals surface area contributed by atoms with Gasteiger partial charge in [0.05, 0.1) is 0 Å². The van der Waals surface area contributed by atoms with E-state index >= 15 is 0 Å². The number of hydrogen-bond acceptors (Lipinski definition) is 4. The van der Waals surface area contributed by atoms with E-state index in [2.05, 4.69) is 29.1 Å². The van der Waals surface area contributed by atoms with Gasteiger partial charge in [-0.05, 0) is 33.1 Å². The topological polar surface area (TPSA) is 83.2 Å². The maximum absolute atomic E-state index is 12.0. The minimum absolute atomic E-state index is 0.221. The van der Waals surface area contributed by atoms with Gasteiger partial charge in [0.25, 0.3) is 0 Å². The lowest BCUT2D eigenvalue weighted by Gasteiger charge is -2.35. The Balaban J connectivity index is 2.19. The van der Waals surface area contributed by atoms with E-state index in [9.17, 15) is 4.79 Å². The van der Waals surface area contributed by atoms with Crippen LogP contribution in [-0.2, 0) is 4.74 Å². The molecule has 0 aliphatic carbocycles. The minimum Gasteiger partial charge on any atom is -0.444 e. The smallest absolute Gasteiger partial charge is 0.410 e. The largest absolute Gasteiger partial charge is 0.444 e. The highest BCUT2D eigenvalue weighted by atomic mass is 16.6. The molecular weight excluding hydrogens is 306 g/mol. The zero-order valence-electron chi connectivity index (χ0n) is 16.0. The summed E-state index contributed by atoms with van der Waals surface area (Å²) in [7, 11) is 0. The van der Waals surface area contributed by atoms with Gasteiger partial charge in [0.15, 0.2) is 5.96 Å². The first-order valence-corrected chi connectivity index (χ1v) is 8.91. The average molecular weight is 342 g/mol. The number of piperazine rings is 1. The lowest BCUT2D eigenvalue weighted by molar-refractivity contribution is 0.0147. The summed E-state index contributed by atoms with van der Waals surface area (Å²) in [5, 5.41) is 3.15. The number of aliphatic imine (C=N–C) groups is 1. The molecule has 0 atom stereocenters. The Morgan fingerprint density at radius 3 is 2.42 bits per heavy atom. The van der Waals surface area contributed by atoms with Crippen molar-refractivity contribution in [2.75, 3.05) is 45.8 Å². The lowest BCUT2D eigenvalue weighted by atomic mass is 10.1. The molecule has 1 aliphatic heterocycles. The van der Waals surface area contributed by atoms with Gasteiger partial charge in [-0.1, -0.05) is 13.8 Å². The van der Waals surface area contributed by atoms with Crippen molar-refractivity contribution in [3.63, 3.8) is 0 Å². The van der Waals surface area contributed by atoms with Crippen LogP contribution >= 0.6 is 0 Å². The molecule has 7 nitrogen and oxygen atoms in total. The van der Waals surface area contributed by atoms with Crippen LogP contribution < -0.4 is 11.1 Å². The van der Waals surface area contributed by atoms with Gasteiger partial charge in [0.1, 0.15) is 5.60 Å². The van der Waals surface area contributed by atoms with Gasteiger partial charge in [-0.2, -0.15) is 0 Å². The molecule has 0 spiro atoms. The van der Waals surface area contributed by atoms with E-state index < -0.39 is 5.60 Å². The number of nitrogens with one attached hydrogen (secondary N) is 1. The molecule has 0 aromatic heterocycles. The quantitative estimate of drug-likeness (QED) is 0.565. The Morgan fingerprint density at radius 1 is 1.25 bits per heavy atom. The number of ether oxygens (including phenoxy) is 1. The second-order valence-corrected chi connectivity index (χ2v) is 7.69. The van der Waals surface area contributed by atoms with E-state index in [1.54, 1.807) is 4.90 Å². The van der Waals surface area contributed by atoms with Crippen molar-refractivity contribution in [3.8, 4) is 0 Å². The molecule has 0 unspecified atom stereocenters. The predicted molar refractivity (Wildman–Crippen MR) is 98.2 cm³/mol. The number of nitrogens with two attached hydrogens (primary N) is 1. The lowest BCUT2D eigenvalue weighted by Crippen LogP contribution is -2.51. The van der Waals surface area contributed by atoms with Crippen LogP contribution in [0.25, 0.3) is 0 Å². The Labute approximate surface area is 146 Å². The van der Waals surface area contributed by atoms with Gasteiger partial charge >= 0.3 is 6.09 Å². The fourth-order valence-corrected chi connectivity index (χ4v) is 2.32. The number of rotatable bonds is 6. The molecule has 0 radical (unpaired) electrons. The molecule has 7 heteroatoms. The summed E-state index contributed by atoms with van der Waals surface area (Å²) in [4.78, 5) is 20.4. The van der Waals surface area contributed by atoms with Gasteiger partial charge in [0, 0.05) is 45.8 Å². The van der Waals surface area contributed by atoms with Crippen LogP contribution in [0.5, 0.6) is 0 Å². The molecule has 0 aromatic carbocycles. The van der Waals surface area contributed by atoms with Crippen molar-refractivity contribution in [3.05, 3.63) is 0 Å². The predicted octanol–water partition coefficient (Wildman–Crippen LogP) is 1.49. The van der Waals surface area contributed by atoms with E-state index in [0.29, 0.717) is 25.0 Å². The van der Waals surface area contributed by atoms with E-state index in [0.717, 1.165) is 39.1 Å². The van der Waals surface area contributed by atoms with Crippen LogP contribution in [0.1, 0.15) is 41.0 Å². The highest BCUT2D eigenvalue weighted by molar-refractivity contribution is 5.77. The normalized spacial score (nSPS) is 17.2. The Hall–Kier alpha value is -1.50. The van der Waals surface area contributed by atoms with Crippen molar-refractivity contribution in [2.24, 2.45) is 16.6 Å². The summed E-state index contributed by atoms with van der Waals surface area (Å²) in [6.07, 6.45) is 0.830. The minimum atomic E-state index is -0.440. The molecule has 24 heavy (non-hydrogen) atoms. The maximum atomic E-state index is 12.0. The van der Waals surface area contributed by atoms with Crippen LogP contribution in [-0.4, -0.2) is 73.3 Å². The number of nitrogens with zero attached hydrogens (tertiary/aromatic N) is 3. The number of guanidine groups is 1. The number of hydrogen-bond donors (Lipinski definition) is 2. The molecule has 1 heterocycles. The molecule has 1 fully saturated rings. The van der Waals surface area contributed by atoms with Gasteiger partial charge in [0.2, 0.25) is 0 Å². The van der Waals surface area contributed by atoms with Crippen molar-refractivity contribution in [1.82, 2.24) is 15.1 Å². The average Bonchev–Trinajstić information content (AvgIpc) is 2.45. The van der Waals surface area contributed by atoms with Gasteiger partial charge in [-0.25, -0.2) is 4.79 Å². The van der Waals surface area contributed by atoms with Gasteiger partial charge in [-0.15, -0.1) is 0 Å². The molecule has 3 N–H and O–H groups in total. The summed E-state index contributed by atoms with van der Waals surface area (Å²) < 4.78 is 5.40. The molecule has 1 saturated heterocycles. The third kappa shape index (κ3) is 8.96. The highest BCUT2D eigenvalue weighted by Gasteiger charge is 2.25. The molecular formula is C17H35N5O2. The number of amides is 1. The molecule has 1 aliphatic rings. The number of carbonyl (C=O) groups is 1. The second-order valence-electron chi connectivity index (χ2n) is 7.69. The van der Waals surface area contributed by atoms with Crippen molar-refractivity contribution >= 4 is 12.1 Å². The van der Waals surface area contributed by atoms with Crippen LogP contribution in [0.4, 0.5) is 4.79 Å². The van der Waals surface area contributed by atoms with Crippen LogP contribution in [0.3, 0.4) is 0 Å². The second kappa shape index (κ2) is 9.71. The van der Waals surface area contributed by atoms with Crippen LogP contribution in [0, 0.1) is 5.92 Å². The Kier molecular flexibility index (Phi) is 8.31. The Morgan fingerprint density at radius 2 is 1.88 bits per heavy atom. The summed E-state index contributed by atoms with van der Waals surface area (Å²) >= 11 is 0. The summed E-state index contributed by atoms with van der Waals surface area (Å²) in [5.41, 5.74) is 5.41. The van der Waals surface area contributed by atoms with Crippen molar-refractivity contribution in [2.45, 2.75) is 46.6 Å². The van der Waals surface area contributed by atoms with E-state index in [-0.39, 0.29) is 6.09 Å². The van der Waals surface area contributed by atoms with E-state index in [4.69, 9.17) is 10.5 Å². The van der Waals surface area contributed by atoms with Crippen LogP contribution in [0.2, 0.25) is 0 Å². The first-order chi connectivity index (χ1) is 11.2. The van der Waals surface area contributed by atoms with E-state index in [1.165, 1.54) is 0 Å². The molecule has 140 valence electrons. The fourth-order valence-electron chi connectivity index (χ4n) is 2.32. The zero-order valence-corrected chi connectivity index (χ0v) is 16.0. The third-order valence-electron chi connectivity index (χ3n) is 3.75. The molecule has 1 rings (SSSR count). The third-order valence-corrected chi connectivity index (χ3v) is 3.75.